The third-order valence-corrected chi connectivity index (χ3v) is 11.4. The van der Waals surface area contributed by atoms with Gasteiger partial charge in [-0.1, -0.05) is 41.0 Å². The van der Waals surface area contributed by atoms with Gasteiger partial charge in [0.1, 0.15) is 11.4 Å². The highest BCUT2D eigenvalue weighted by Gasteiger charge is 2.53. The molecule has 1 saturated heterocycles. The number of hydrogen-bond acceptors (Lipinski definition) is 7. The monoisotopic (exact) mass is 722 g/mol. The first-order valence-electron chi connectivity index (χ1n) is 14.8. The van der Waals surface area contributed by atoms with Gasteiger partial charge in [0.05, 0.1) is 33.8 Å². The molecule has 248 valence electrons. The number of phenolic OH excluding ortho intramolecular Hbond substituents is 1. The highest BCUT2D eigenvalue weighted by molar-refractivity contribution is 7.99. The Morgan fingerprint density at radius 3 is 2.53 bits per heavy atom. The van der Waals surface area contributed by atoms with Crippen molar-refractivity contribution in [1.82, 2.24) is 9.88 Å². The van der Waals surface area contributed by atoms with Gasteiger partial charge in [0.2, 0.25) is 5.91 Å². The number of alkyl halides is 3. The van der Waals surface area contributed by atoms with Crippen LogP contribution in [0.3, 0.4) is 0 Å². The normalized spacial score (nSPS) is 18.4. The first-order valence-corrected chi connectivity index (χ1v) is 16.7. The highest BCUT2D eigenvalue weighted by Crippen LogP contribution is 2.55. The predicted octanol–water partition coefficient (Wildman–Crippen LogP) is 8.25. The van der Waals surface area contributed by atoms with Gasteiger partial charge in [-0.25, -0.2) is 0 Å². The van der Waals surface area contributed by atoms with Crippen LogP contribution in [0.25, 0.3) is 0 Å². The van der Waals surface area contributed by atoms with Crippen LogP contribution in [0, 0.1) is 30.6 Å². The quantitative estimate of drug-likeness (QED) is 0.194. The summed E-state index contributed by atoms with van der Waals surface area (Å²) in [5.74, 6) is 0.390. The third-order valence-electron chi connectivity index (χ3n) is 9.02. The highest BCUT2D eigenvalue weighted by atomic mass is 35.5. The number of nitrogens with one attached hydrogen (secondary N) is 1. The number of anilines is 1. The number of rotatable bonds is 6. The Balaban J connectivity index is 0.000000185. The van der Waals surface area contributed by atoms with Crippen LogP contribution in [-0.4, -0.2) is 40.8 Å². The molecule has 14 heteroatoms. The lowest BCUT2D eigenvalue weighted by molar-refractivity contribution is -0.125. The number of aldehydes is 1. The number of aryl methyl sites for hydroxylation is 1. The minimum absolute atomic E-state index is 0.0199. The van der Waals surface area contributed by atoms with E-state index in [1.165, 1.54) is 0 Å². The lowest BCUT2D eigenvalue weighted by Gasteiger charge is -2.33. The summed E-state index contributed by atoms with van der Waals surface area (Å²) in [6, 6.07) is 8.44. The minimum Gasteiger partial charge on any atom is -0.505 e. The molecule has 3 heterocycles. The number of pyridine rings is 1. The summed E-state index contributed by atoms with van der Waals surface area (Å²) in [6.07, 6.45) is 4.64. The zero-order valence-corrected chi connectivity index (χ0v) is 28.8. The van der Waals surface area contributed by atoms with E-state index in [4.69, 9.17) is 40.1 Å². The van der Waals surface area contributed by atoms with Crippen LogP contribution in [0.2, 0.25) is 10.0 Å². The van der Waals surface area contributed by atoms with Crippen LogP contribution < -0.4 is 10.5 Å². The van der Waals surface area contributed by atoms with Crippen molar-refractivity contribution in [1.29, 1.82) is 5.26 Å². The molecule has 2 N–H and O–H groups in total. The number of nitrogens with zero attached hydrogens (tertiary/aromatic N) is 3. The first kappa shape index (κ1) is 35.2. The average Bonchev–Trinajstić information content (AvgIpc) is 3.72. The van der Waals surface area contributed by atoms with E-state index in [2.05, 4.69) is 11.0 Å². The SMILES string of the molecule is Cc1c(O)c(N2CCCC3(CC3)C2=O)cc2c1C(CC#N)N(C)C2.Cc1ccc(Cl)c(Sc2cc(C(F)(F)Cl)[nH]c(=O)c2C=O)c1Cl. The lowest BCUT2D eigenvalue weighted by atomic mass is 9.91. The molecule has 1 unspecified atom stereocenters. The predicted molar refractivity (Wildman–Crippen MR) is 178 cm³/mol. The summed E-state index contributed by atoms with van der Waals surface area (Å²) >= 11 is 18.0. The number of nitriles is 1. The van der Waals surface area contributed by atoms with Crippen molar-refractivity contribution in [3.8, 4) is 11.8 Å². The number of amides is 1. The lowest BCUT2D eigenvalue weighted by Crippen LogP contribution is -2.42. The van der Waals surface area contributed by atoms with Crippen molar-refractivity contribution in [3.63, 3.8) is 0 Å². The van der Waals surface area contributed by atoms with Crippen LogP contribution in [0.5, 0.6) is 5.75 Å². The molecule has 2 aliphatic heterocycles. The zero-order valence-electron chi connectivity index (χ0n) is 25.7. The summed E-state index contributed by atoms with van der Waals surface area (Å²) in [7, 11) is 2.00. The Labute approximate surface area is 289 Å². The van der Waals surface area contributed by atoms with Gasteiger partial charge in [0, 0.05) is 34.3 Å². The molecule has 8 nitrogen and oxygen atoms in total. The van der Waals surface area contributed by atoms with E-state index in [0.29, 0.717) is 34.1 Å². The molecule has 1 aromatic heterocycles. The number of carbonyl (C=O) groups excluding carboxylic acids is 2. The molecule has 1 amide bonds. The third kappa shape index (κ3) is 6.76. The molecule has 1 atom stereocenters. The van der Waals surface area contributed by atoms with Crippen LogP contribution in [0.15, 0.2) is 38.9 Å². The van der Waals surface area contributed by atoms with Gasteiger partial charge in [0.15, 0.2) is 6.29 Å². The maximum atomic E-state index is 13.3. The summed E-state index contributed by atoms with van der Waals surface area (Å²) in [5, 5.41) is 16.7. The number of halogens is 5. The molecular weight excluding hydrogens is 693 g/mol. The largest absolute Gasteiger partial charge is 0.505 e. The van der Waals surface area contributed by atoms with Crippen molar-refractivity contribution >= 4 is 64.4 Å². The van der Waals surface area contributed by atoms with E-state index < -0.39 is 16.6 Å². The fraction of sp³-hybridized carbons (Fsp3) is 0.394. The fourth-order valence-electron chi connectivity index (χ4n) is 6.26. The van der Waals surface area contributed by atoms with E-state index in [1.54, 1.807) is 24.0 Å². The van der Waals surface area contributed by atoms with Crippen molar-refractivity contribution in [2.75, 3.05) is 18.5 Å². The van der Waals surface area contributed by atoms with Crippen molar-refractivity contribution in [3.05, 3.63) is 78.2 Å². The van der Waals surface area contributed by atoms with E-state index in [-0.39, 0.29) is 44.9 Å². The molecule has 1 aliphatic carbocycles. The molecule has 47 heavy (non-hydrogen) atoms. The smallest absolute Gasteiger partial charge is 0.362 e. The second-order valence-electron chi connectivity index (χ2n) is 12.1. The molecule has 3 aromatic rings. The van der Waals surface area contributed by atoms with Gasteiger partial charge in [0.25, 0.3) is 5.56 Å². The van der Waals surface area contributed by atoms with E-state index in [0.717, 1.165) is 66.7 Å². The Bertz CT molecular complexity index is 1870. The van der Waals surface area contributed by atoms with Crippen molar-refractivity contribution in [2.45, 2.75) is 73.7 Å². The Hall–Kier alpha value is -3.14. The van der Waals surface area contributed by atoms with Gasteiger partial charge >= 0.3 is 5.38 Å². The van der Waals surface area contributed by atoms with E-state index in [1.807, 2.05) is 25.0 Å². The number of aromatic nitrogens is 1. The second-order valence-corrected chi connectivity index (χ2v) is 14.4. The molecule has 1 spiro atoms. The number of piperidine rings is 1. The van der Waals surface area contributed by atoms with Crippen molar-refractivity contribution in [2.24, 2.45) is 5.41 Å². The molecule has 0 radical (unpaired) electrons. The summed E-state index contributed by atoms with van der Waals surface area (Å²) in [5.41, 5.74) is 2.13. The molecule has 0 bridgehead atoms. The van der Waals surface area contributed by atoms with Crippen molar-refractivity contribution < 1.29 is 23.5 Å². The van der Waals surface area contributed by atoms with Gasteiger partial charge in [-0.3, -0.25) is 19.3 Å². The standard InChI is InChI=1S/C19H23N3O2.C14H8Cl3F2NO2S/c1-12-16-13(11-21(2)14(16)4-8-20)10-15(17(12)23)22-9-3-5-19(6-7-19)18(22)24;1-6-2-3-8(15)12(11(6)16)23-9-4-10(14(17,18)19)20-13(22)7(9)5-21/h10,14,23H,3-7,9,11H2,1-2H3;2-5H,1H3,(H,20,22). The zero-order chi connectivity index (χ0) is 34.4. The minimum atomic E-state index is -3.78. The van der Waals surface area contributed by atoms with E-state index >= 15 is 0 Å². The summed E-state index contributed by atoms with van der Waals surface area (Å²) in [6.45, 7) is 5.08. The number of hydrogen-bond donors (Lipinski definition) is 2. The Kier molecular flexibility index (Phi) is 10.0. The van der Waals surface area contributed by atoms with Gasteiger partial charge in [-0.2, -0.15) is 14.0 Å². The second kappa shape index (κ2) is 13.4. The number of aromatic hydroxyl groups is 1. The molecule has 1 saturated carbocycles. The Morgan fingerprint density at radius 1 is 1.21 bits per heavy atom. The topological polar surface area (TPSA) is 117 Å². The van der Waals surface area contributed by atoms with Gasteiger partial charge in [-0.05, 0) is 98.6 Å². The van der Waals surface area contributed by atoms with Gasteiger partial charge < -0.3 is 15.0 Å². The molecule has 3 aliphatic rings. The number of benzene rings is 2. The van der Waals surface area contributed by atoms with Crippen LogP contribution in [0.4, 0.5) is 14.5 Å². The van der Waals surface area contributed by atoms with Crippen LogP contribution >= 0.6 is 46.6 Å². The maximum absolute atomic E-state index is 13.3. The fourth-order valence-corrected chi connectivity index (χ4v) is 8.03. The number of carbonyl (C=O) groups is 2. The molecule has 6 rings (SSSR count). The number of phenols is 1. The summed E-state index contributed by atoms with van der Waals surface area (Å²) < 4.78 is 26.5. The molecular formula is C33H31Cl3F2N4O4S. The molecule has 2 fully saturated rings. The number of fused-ring (bicyclic) bond motifs is 1. The summed E-state index contributed by atoms with van der Waals surface area (Å²) in [4.78, 5) is 42.0. The maximum Gasteiger partial charge on any atom is 0.362 e. The average molecular weight is 724 g/mol. The van der Waals surface area contributed by atoms with E-state index in [9.17, 15) is 28.3 Å². The first-order chi connectivity index (χ1) is 22.1. The van der Waals surface area contributed by atoms with Crippen LogP contribution in [0.1, 0.15) is 76.5 Å². The molecule has 2 aromatic carbocycles. The van der Waals surface area contributed by atoms with Crippen LogP contribution in [-0.2, 0) is 16.7 Å². The number of aromatic amines is 1. The number of H-pyrrole nitrogens is 1. The van der Waals surface area contributed by atoms with Gasteiger partial charge in [-0.15, -0.1) is 0 Å². The Morgan fingerprint density at radius 2 is 1.91 bits per heavy atom.